The largest absolute Gasteiger partial charge is 0.345 e. The van der Waals surface area contributed by atoms with Gasteiger partial charge >= 0.3 is 0 Å². The van der Waals surface area contributed by atoms with Crippen LogP contribution in [0.15, 0.2) is 46.9 Å². The molecular weight excluding hydrogens is 328 g/mol. The number of carbonyl (C=O) groups is 1. The minimum atomic E-state index is -0.673. The summed E-state index contributed by atoms with van der Waals surface area (Å²) >= 11 is 3.28. The monoisotopic (exact) mass is 339 g/mol. The molecule has 2 aromatic rings. The van der Waals surface area contributed by atoms with Crippen molar-refractivity contribution in [2.24, 2.45) is 0 Å². The number of halogens is 3. The molecule has 0 spiro atoms. The van der Waals surface area contributed by atoms with Crippen molar-refractivity contribution in [2.45, 2.75) is 13.0 Å². The molecule has 0 aliphatic heterocycles. The van der Waals surface area contributed by atoms with Crippen molar-refractivity contribution < 1.29 is 13.6 Å². The Labute approximate surface area is 123 Å². The molecule has 0 heterocycles. The highest BCUT2D eigenvalue weighted by molar-refractivity contribution is 9.10. The molecule has 1 N–H and O–H groups in total. The van der Waals surface area contributed by atoms with Gasteiger partial charge in [-0.25, -0.2) is 8.78 Å². The van der Waals surface area contributed by atoms with Gasteiger partial charge in [-0.1, -0.05) is 22.0 Å². The second-order valence-electron chi connectivity index (χ2n) is 4.37. The lowest BCUT2D eigenvalue weighted by Gasteiger charge is -2.15. The normalized spacial score (nSPS) is 12.0. The smallest absolute Gasteiger partial charge is 0.251 e. The van der Waals surface area contributed by atoms with Crippen molar-refractivity contribution in [3.05, 3.63) is 69.7 Å². The quantitative estimate of drug-likeness (QED) is 0.891. The van der Waals surface area contributed by atoms with Crippen molar-refractivity contribution in [3.63, 3.8) is 0 Å². The summed E-state index contributed by atoms with van der Waals surface area (Å²) in [5, 5.41) is 2.68. The molecule has 2 aromatic carbocycles. The molecule has 2 nitrogen and oxygen atoms in total. The molecule has 5 heteroatoms. The predicted molar refractivity (Wildman–Crippen MR) is 76.4 cm³/mol. The Balaban J connectivity index is 2.12. The fourth-order valence-electron chi connectivity index (χ4n) is 1.81. The average molecular weight is 340 g/mol. The summed E-state index contributed by atoms with van der Waals surface area (Å²) in [5.74, 6) is -1.62. The number of benzene rings is 2. The third kappa shape index (κ3) is 3.42. The van der Waals surface area contributed by atoms with Crippen molar-refractivity contribution in [1.29, 1.82) is 0 Å². The Morgan fingerprint density at radius 1 is 1.15 bits per heavy atom. The summed E-state index contributed by atoms with van der Waals surface area (Å²) in [6.07, 6.45) is 0. The van der Waals surface area contributed by atoms with Crippen LogP contribution < -0.4 is 5.32 Å². The Bertz CT molecular complexity index is 628. The maximum atomic E-state index is 13.6. The summed E-state index contributed by atoms with van der Waals surface area (Å²) in [6, 6.07) is 9.57. The highest BCUT2D eigenvalue weighted by atomic mass is 79.9. The Morgan fingerprint density at radius 3 is 2.40 bits per heavy atom. The first-order valence-electron chi connectivity index (χ1n) is 5.99. The Kier molecular flexibility index (Phi) is 4.49. The first-order chi connectivity index (χ1) is 9.47. The van der Waals surface area contributed by atoms with E-state index < -0.39 is 17.7 Å². The highest BCUT2D eigenvalue weighted by Gasteiger charge is 2.15. The third-order valence-electron chi connectivity index (χ3n) is 2.88. The topological polar surface area (TPSA) is 29.1 Å². The molecule has 0 saturated heterocycles. The Morgan fingerprint density at radius 2 is 1.80 bits per heavy atom. The van der Waals surface area contributed by atoms with E-state index in [-0.39, 0.29) is 11.5 Å². The minimum Gasteiger partial charge on any atom is -0.345 e. The van der Waals surface area contributed by atoms with E-state index in [1.54, 1.807) is 31.2 Å². The minimum absolute atomic E-state index is 0.247. The van der Waals surface area contributed by atoms with Crippen LogP contribution >= 0.6 is 15.9 Å². The molecule has 0 fully saturated rings. The fourth-order valence-corrected chi connectivity index (χ4v) is 2.08. The highest BCUT2D eigenvalue weighted by Crippen LogP contribution is 2.18. The summed E-state index contributed by atoms with van der Waals surface area (Å²) in [6.45, 7) is 1.65. The van der Waals surface area contributed by atoms with E-state index in [4.69, 9.17) is 0 Å². The van der Waals surface area contributed by atoms with Crippen LogP contribution in [0.1, 0.15) is 28.9 Å². The van der Waals surface area contributed by atoms with Crippen LogP contribution in [-0.4, -0.2) is 5.91 Å². The number of hydrogen-bond acceptors (Lipinski definition) is 1. The van der Waals surface area contributed by atoms with Gasteiger partial charge in [-0.05, 0) is 37.3 Å². The van der Waals surface area contributed by atoms with Crippen LogP contribution in [0.3, 0.4) is 0 Å². The molecule has 20 heavy (non-hydrogen) atoms. The van der Waals surface area contributed by atoms with E-state index in [1.807, 2.05) is 0 Å². The number of rotatable bonds is 3. The summed E-state index contributed by atoms with van der Waals surface area (Å²) < 4.78 is 27.3. The van der Waals surface area contributed by atoms with Gasteiger partial charge in [0.15, 0.2) is 0 Å². The maximum absolute atomic E-state index is 13.6. The SMILES string of the molecule is C[C@H](NC(=O)c1ccc(Br)cc1)c1ccc(F)cc1F. The van der Waals surface area contributed by atoms with Gasteiger partial charge in [0.25, 0.3) is 5.91 Å². The number of amides is 1. The second kappa shape index (κ2) is 6.13. The zero-order chi connectivity index (χ0) is 14.7. The molecule has 104 valence electrons. The van der Waals surface area contributed by atoms with Gasteiger partial charge in [-0.2, -0.15) is 0 Å². The van der Waals surface area contributed by atoms with Crippen LogP contribution in [0.5, 0.6) is 0 Å². The van der Waals surface area contributed by atoms with Gasteiger partial charge < -0.3 is 5.32 Å². The Hall–Kier alpha value is -1.75. The van der Waals surface area contributed by atoms with Gasteiger partial charge in [0.1, 0.15) is 11.6 Å². The molecule has 0 aromatic heterocycles. The van der Waals surface area contributed by atoms with Gasteiger partial charge in [0.2, 0.25) is 0 Å². The van der Waals surface area contributed by atoms with E-state index in [9.17, 15) is 13.6 Å². The van der Waals surface area contributed by atoms with E-state index in [2.05, 4.69) is 21.2 Å². The van der Waals surface area contributed by atoms with Crippen molar-refractivity contribution in [1.82, 2.24) is 5.32 Å². The molecule has 1 atom stereocenters. The van der Waals surface area contributed by atoms with E-state index in [0.29, 0.717) is 5.56 Å². The average Bonchev–Trinajstić information content (AvgIpc) is 2.39. The number of hydrogen-bond donors (Lipinski definition) is 1. The van der Waals surface area contributed by atoms with Crippen molar-refractivity contribution in [2.75, 3.05) is 0 Å². The van der Waals surface area contributed by atoms with Gasteiger partial charge in [-0.15, -0.1) is 0 Å². The third-order valence-corrected chi connectivity index (χ3v) is 3.41. The zero-order valence-electron chi connectivity index (χ0n) is 10.7. The molecule has 0 radical (unpaired) electrons. The molecule has 1 amide bonds. The maximum Gasteiger partial charge on any atom is 0.251 e. The number of carbonyl (C=O) groups excluding carboxylic acids is 1. The zero-order valence-corrected chi connectivity index (χ0v) is 12.2. The molecule has 0 aliphatic carbocycles. The van der Waals surface area contributed by atoms with Crippen molar-refractivity contribution >= 4 is 21.8 Å². The second-order valence-corrected chi connectivity index (χ2v) is 5.28. The van der Waals surface area contributed by atoms with Crippen LogP contribution in [0.2, 0.25) is 0 Å². The summed E-state index contributed by atoms with van der Waals surface area (Å²) in [7, 11) is 0. The summed E-state index contributed by atoms with van der Waals surface area (Å²) in [4.78, 5) is 12.0. The summed E-state index contributed by atoms with van der Waals surface area (Å²) in [5.41, 5.74) is 0.722. The van der Waals surface area contributed by atoms with Crippen LogP contribution in [0.4, 0.5) is 8.78 Å². The lowest BCUT2D eigenvalue weighted by molar-refractivity contribution is 0.0939. The van der Waals surface area contributed by atoms with Crippen LogP contribution in [-0.2, 0) is 0 Å². The van der Waals surface area contributed by atoms with Crippen LogP contribution in [0, 0.1) is 11.6 Å². The molecule has 2 rings (SSSR count). The first kappa shape index (κ1) is 14.7. The van der Waals surface area contributed by atoms with Gasteiger partial charge in [-0.3, -0.25) is 4.79 Å². The fraction of sp³-hybridized carbons (Fsp3) is 0.133. The standard InChI is InChI=1S/C15H12BrF2NO/c1-9(13-7-6-12(17)8-14(13)18)19-15(20)10-2-4-11(16)5-3-10/h2-9H,1H3,(H,19,20)/t9-/m0/s1. The van der Waals surface area contributed by atoms with Gasteiger partial charge in [0.05, 0.1) is 6.04 Å². The number of nitrogens with one attached hydrogen (secondary N) is 1. The lowest BCUT2D eigenvalue weighted by Crippen LogP contribution is -2.27. The first-order valence-corrected chi connectivity index (χ1v) is 6.78. The lowest BCUT2D eigenvalue weighted by atomic mass is 10.1. The van der Waals surface area contributed by atoms with Crippen LogP contribution in [0.25, 0.3) is 0 Å². The van der Waals surface area contributed by atoms with Crippen molar-refractivity contribution in [3.8, 4) is 0 Å². The van der Waals surface area contributed by atoms with E-state index >= 15 is 0 Å². The van der Waals surface area contributed by atoms with E-state index in [1.165, 1.54) is 12.1 Å². The molecule has 0 saturated carbocycles. The van der Waals surface area contributed by atoms with E-state index in [0.717, 1.165) is 10.5 Å². The molecule has 0 unspecified atom stereocenters. The molecule has 0 bridgehead atoms. The predicted octanol–water partition coefficient (Wildman–Crippen LogP) is 4.22. The molecular formula is C15H12BrF2NO. The molecule has 0 aliphatic rings. The van der Waals surface area contributed by atoms with Gasteiger partial charge in [0, 0.05) is 21.7 Å².